The normalized spacial score (nSPS) is 14.3. The van der Waals surface area contributed by atoms with Crippen LogP contribution in [0.3, 0.4) is 0 Å². The summed E-state index contributed by atoms with van der Waals surface area (Å²) in [5.41, 5.74) is 4.17. The number of nitrogens with one attached hydrogen (secondary N) is 1. The maximum atomic E-state index is 13.2. The van der Waals surface area contributed by atoms with E-state index in [1.807, 2.05) is 42.6 Å². The van der Waals surface area contributed by atoms with Crippen molar-refractivity contribution < 1.29 is 4.79 Å². The lowest BCUT2D eigenvalue weighted by Gasteiger charge is -2.32. The number of carbonyl (C=O) groups excluding carboxylic acids is 1. The van der Waals surface area contributed by atoms with E-state index < -0.39 is 0 Å². The summed E-state index contributed by atoms with van der Waals surface area (Å²) in [6, 6.07) is 15.7. The van der Waals surface area contributed by atoms with Crippen molar-refractivity contribution >= 4 is 22.9 Å². The van der Waals surface area contributed by atoms with E-state index in [9.17, 15) is 4.79 Å². The minimum Gasteiger partial charge on any atom is -0.370 e. The number of aromatic nitrogens is 4. The van der Waals surface area contributed by atoms with Gasteiger partial charge in [-0.05, 0) is 25.0 Å². The van der Waals surface area contributed by atoms with E-state index in [1.165, 1.54) is 0 Å². The average molecular weight is 423 g/mol. The van der Waals surface area contributed by atoms with Crippen molar-refractivity contribution in [3.63, 3.8) is 0 Å². The molecule has 1 aromatic carbocycles. The standard InChI is InChI=1S/C24H21N7O/c25-14-17-8-12-30(13-9-17)22-7-10-26-15-20(22)29-24(32)19-6-11-27-31-16-21(28-23(19)31)18-4-2-1-3-5-18/h1-7,10-11,15-17H,8-9,12-13H2,(H,29,32). The molecule has 1 aliphatic rings. The minimum atomic E-state index is -0.274. The molecule has 4 heterocycles. The number of nitrogens with zero attached hydrogens (tertiary/aromatic N) is 6. The Hall–Kier alpha value is -4.25. The van der Waals surface area contributed by atoms with Crippen LogP contribution in [0.5, 0.6) is 0 Å². The predicted molar refractivity (Wildman–Crippen MR) is 121 cm³/mol. The summed E-state index contributed by atoms with van der Waals surface area (Å²) in [4.78, 5) is 24.3. The van der Waals surface area contributed by atoms with Crippen molar-refractivity contribution in [2.75, 3.05) is 23.3 Å². The van der Waals surface area contributed by atoms with Gasteiger partial charge in [-0.25, -0.2) is 9.50 Å². The highest BCUT2D eigenvalue weighted by Crippen LogP contribution is 2.29. The number of nitriles is 1. The number of benzene rings is 1. The molecule has 1 fully saturated rings. The number of rotatable bonds is 4. The molecule has 1 N–H and O–H groups in total. The molecule has 8 heteroatoms. The third-order valence-electron chi connectivity index (χ3n) is 5.74. The summed E-state index contributed by atoms with van der Waals surface area (Å²) in [6.45, 7) is 1.54. The summed E-state index contributed by atoms with van der Waals surface area (Å²) >= 11 is 0. The molecular weight excluding hydrogens is 402 g/mol. The third-order valence-corrected chi connectivity index (χ3v) is 5.74. The van der Waals surface area contributed by atoms with Gasteiger partial charge in [0.1, 0.15) is 0 Å². The van der Waals surface area contributed by atoms with Crippen LogP contribution in [-0.2, 0) is 0 Å². The number of hydrogen-bond donors (Lipinski definition) is 1. The van der Waals surface area contributed by atoms with Crippen molar-refractivity contribution in [1.29, 1.82) is 5.26 Å². The van der Waals surface area contributed by atoms with E-state index in [2.05, 4.69) is 31.4 Å². The first kappa shape index (κ1) is 19.7. The molecule has 0 radical (unpaired) electrons. The van der Waals surface area contributed by atoms with E-state index in [0.29, 0.717) is 16.9 Å². The number of amides is 1. The number of imidazole rings is 1. The molecular formula is C24H21N7O. The van der Waals surface area contributed by atoms with Crippen molar-refractivity contribution in [2.24, 2.45) is 5.92 Å². The lowest BCUT2D eigenvalue weighted by atomic mass is 9.98. The first-order chi connectivity index (χ1) is 15.7. The quantitative estimate of drug-likeness (QED) is 0.536. The van der Waals surface area contributed by atoms with Gasteiger partial charge in [0.15, 0.2) is 5.65 Å². The highest BCUT2D eigenvalue weighted by Gasteiger charge is 2.22. The SMILES string of the molecule is N#CC1CCN(c2ccncc2NC(=O)c2ccnn3cc(-c4ccccc4)nc23)CC1. The Morgan fingerprint density at radius 3 is 2.69 bits per heavy atom. The number of pyridine rings is 1. The average Bonchev–Trinajstić information content (AvgIpc) is 3.29. The number of fused-ring (bicyclic) bond motifs is 1. The van der Waals surface area contributed by atoms with Gasteiger partial charge in [-0.1, -0.05) is 30.3 Å². The fourth-order valence-corrected chi connectivity index (χ4v) is 4.02. The Morgan fingerprint density at radius 1 is 1.09 bits per heavy atom. The summed E-state index contributed by atoms with van der Waals surface area (Å²) in [5.74, 6) is -0.181. The number of piperidine rings is 1. The van der Waals surface area contributed by atoms with E-state index in [-0.39, 0.29) is 11.8 Å². The lowest BCUT2D eigenvalue weighted by molar-refractivity contribution is 0.102. The lowest BCUT2D eigenvalue weighted by Crippen LogP contribution is -2.34. The molecule has 0 atom stereocenters. The largest absolute Gasteiger partial charge is 0.370 e. The Labute approximate surface area is 185 Å². The van der Waals surface area contributed by atoms with Crippen molar-refractivity contribution in [1.82, 2.24) is 19.6 Å². The zero-order chi connectivity index (χ0) is 21.9. The Bertz CT molecular complexity index is 1300. The molecule has 0 spiro atoms. The molecule has 1 amide bonds. The van der Waals surface area contributed by atoms with Gasteiger partial charge in [0.2, 0.25) is 0 Å². The van der Waals surface area contributed by atoms with Crippen molar-refractivity contribution in [2.45, 2.75) is 12.8 Å². The minimum absolute atomic E-state index is 0.0930. The van der Waals surface area contributed by atoms with Crippen LogP contribution in [0.25, 0.3) is 16.9 Å². The third kappa shape index (κ3) is 3.76. The molecule has 0 aliphatic carbocycles. The smallest absolute Gasteiger partial charge is 0.259 e. The molecule has 5 rings (SSSR count). The van der Waals surface area contributed by atoms with Crippen LogP contribution in [0.2, 0.25) is 0 Å². The van der Waals surface area contributed by atoms with E-state index in [1.54, 1.807) is 29.2 Å². The van der Waals surface area contributed by atoms with Crippen LogP contribution in [-0.4, -0.2) is 38.6 Å². The maximum Gasteiger partial charge on any atom is 0.259 e. The first-order valence-electron chi connectivity index (χ1n) is 10.5. The second kappa shape index (κ2) is 8.47. The summed E-state index contributed by atoms with van der Waals surface area (Å²) in [6.07, 6.45) is 8.41. The maximum absolute atomic E-state index is 13.2. The highest BCUT2D eigenvalue weighted by atomic mass is 16.1. The van der Waals surface area contributed by atoms with Gasteiger partial charge in [0, 0.05) is 37.0 Å². The van der Waals surface area contributed by atoms with Crippen LogP contribution < -0.4 is 10.2 Å². The van der Waals surface area contributed by atoms with Crippen molar-refractivity contribution in [3.05, 3.63) is 72.8 Å². The fraction of sp³-hybridized carbons (Fsp3) is 0.208. The van der Waals surface area contributed by atoms with Gasteiger partial charge in [0.05, 0.1) is 41.1 Å². The van der Waals surface area contributed by atoms with Gasteiger partial charge < -0.3 is 10.2 Å². The molecule has 158 valence electrons. The van der Waals surface area contributed by atoms with E-state index in [0.717, 1.165) is 42.9 Å². The molecule has 1 saturated heterocycles. The Morgan fingerprint density at radius 2 is 1.91 bits per heavy atom. The van der Waals surface area contributed by atoms with Gasteiger partial charge in [-0.15, -0.1) is 0 Å². The van der Waals surface area contributed by atoms with Gasteiger partial charge in [-0.3, -0.25) is 9.78 Å². The van der Waals surface area contributed by atoms with Crippen molar-refractivity contribution in [3.8, 4) is 17.3 Å². The van der Waals surface area contributed by atoms with Gasteiger partial charge in [0.25, 0.3) is 5.91 Å². The molecule has 4 aromatic rings. The van der Waals surface area contributed by atoms with Crippen LogP contribution in [0, 0.1) is 17.2 Å². The van der Waals surface area contributed by atoms with Crippen LogP contribution >= 0.6 is 0 Å². The van der Waals surface area contributed by atoms with Gasteiger partial charge in [-0.2, -0.15) is 10.4 Å². The van der Waals surface area contributed by atoms with Crippen LogP contribution in [0.4, 0.5) is 11.4 Å². The first-order valence-corrected chi connectivity index (χ1v) is 10.5. The van der Waals surface area contributed by atoms with Gasteiger partial charge >= 0.3 is 0 Å². The zero-order valence-corrected chi connectivity index (χ0v) is 17.3. The molecule has 0 bridgehead atoms. The monoisotopic (exact) mass is 423 g/mol. The topological polar surface area (TPSA) is 99.2 Å². The molecule has 3 aromatic heterocycles. The Kier molecular flexibility index (Phi) is 5.22. The summed E-state index contributed by atoms with van der Waals surface area (Å²) in [7, 11) is 0. The second-order valence-corrected chi connectivity index (χ2v) is 7.74. The highest BCUT2D eigenvalue weighted by molar-refractivity contribution is 6.09. The fourth-order valence-electron chi connectivity index (χ4n) is 4.02. The molecule has 0 saturated carbocycles. The molecule has 0 unspecified atom stereocenters. The molecule has 32 heavy (non-hydrogen) atoms. The number of hydrogen-bond acceptors (Lipinski definition) is 6. The second-order valence-electron chi connectivity index (χ2n) is 7.74. The summed E-state index contributed by atoms with van der Waals surface area (Å²) < 4.78 is 1.62. The molecule has 1 aliphatic heterocycles. The van der Waals surface area contributed by atoms with E-state index in [4.69, 9.17) is 5.26 Å². The zero-order valence-electron chi connectivity index (χ0n) is 17.3. The molecule has 8 nitrogen and oxygen atoms in total. The summed E-state index contributed by atoms with van der Waals surface area (Å²) in [5, 5.41) is 16.5. The Balaban J connectivity index is 1.43. The van der Waals surface area contributed by atoms with Crippen LogP contribution in [0.1, 0.15) is 23.2 Å². The number of anilines is 2. The predicted octanol–water partition coefficient (Wildman–Crippen LogP) is 3.78. The number of carbonyl (C=O) groups is 1. The van der Waals surface area contributed by atoms with Crippen LogP contribution in [0.15, 0.2) is 67.3 Å². The van der Waals surface area contributed by atoms with E-state index >= 15 is 0 Å².